The van der Waals surface area contributed by atoms with Crippen LogP contribution in [0.1, 0.15) is 48.9 Å². The van der Waals surface area contributed by atoms with E-state index in [0.717, 1.165) is 6.54 Å². The van der Waals surface area contributed by atoms with Crippen LogP contribution in [-0.4, -0.2) is 18.6 Å². The molecule has 0 saturated carbocycles. The van der Waals surface area contributed by atoms with Crippen LogP contribution in [0.3, 0.4) is 0 Å². The molecule has 0 fully saturated rings. The first kappa shape index (κ1) is 12.7. The fraction of sp³-hybridized carbons (Fsp3) is 0.529. The second-order valence-corrected chi connectivity index (χ2v) is 5.76. The predicted molar refractivity (Wildman–Crippen MR) is 81.9 cm³/mol. The van der Waals surface area contributed by atoms with Gasteiger partial charge >= 0.3 is 0 Å². The first-order valence-corrected chi connectivity index (χ1v) is 7.61. The van der Waals surface area contributed by atoms with Crippen molar-refractivity contribution < 1.29 is 0 Å². The Kier molecular flexibility index (Phi) is 3.61. The maximum absolute atomic E-state index is 3.62. The molecule has 2 nitrogen and oxygen atoms in total. The smallest absolute Gasteiger partial charge is 0.0459 e. The van der Waals surface area contributed by atoms with Crippen molar-refractivity contribution in [1.82, 2.24) is 10.3 Å². The van der Waals surface area contributed by atoms with E-state index in [1.807, 2.05) is 7.05 Å². The van der Waals surface area contributed by atoms with E-state index in [2.05, 4.69) is 35.4 Å². The Hall–Kier alpha value is -1.28. The fourth-order valence-electron chi connectivity index (χ4n) is 3.42. The molecule has 1 aliphatic rings. The lowest BCUT2D eigenvalue weighted by Crippen LogP contribution is -2.16. The molecule has 19 heavy (non-hydrogen) atoms. The van der Waals surface area contributed by atoms with Crippen LogP contribution in [0.25, 0.3) is 10.9 Å². The molecule has 1 atom stereocenters. The molecule has 1 aromatic carbocycles. The molecule has 0 bridgehead atoms. The Morgan fingerprint density at radius 1 is 1.26 bits per heavy atom. The van der Waals surface area contributed by atoms with Gasteiger partial charge in [-0.05, 0) is 68.3 Å². The van der Waals surface area contributed by atoms with Crippen molar-refractivity contribution in [3.63, 3.8) is 0 Å². The quantitative estimate of drug-likeness (QED) is 0.856. The molecule has 0 amide bonds. The van der Waals surface area contributed by atoms with Crippen molar-refractivity contribution in [2.75, 3.05) is 13.6 Å². The number of nitrogens with one attached hydrogen (secondary N) is 2. The van der Waals surface area contributed by atoms with Crippen LogP contribution in [0.2, 0.25) is 0 Å². The van der Waals surface area contributed by atoms with Crippen LogP contribution in [0.5, 0.6) is 0 Å². The van der Waals surface area contributed by atoms with Gasteiger partial charge in [-0.2, -0.15) is 0 Å². The topological polar surface area (TPSA) is 27.8 Å². The molecule has 102 valence electrons. The number of aryl methyl sites for hydroxylation is 2. The van der Waals surface area contributed by atoms with Gasteiger partial charge in [-0.3, -0.25) is 0 Å². The van der Waals surface area contributed by atoms with Crippen LogP contribution in [0.4, 0.5) is 0 Å². The SMILES string of the molecule is CCC(CNC)c1ccc2[nH]c3c(c2c1)CCCC3. The maximum Gasteiger partial charge on any atom is 0.0459 e. The Morgan fingerprint density at radius 3 is 2.89 bits per heavy atom. The molecule has 1 unspecified atom stereocenters. The lowest BCUT2D eigenvalue weighted by molar-refractivity contribution is 0.612. The first-order valence-electron chi connectivity index (χ1n) is 7.61. The summed E-state index contributed by atoms with van der Waals surface area (Å²) in [6.45, 7) is 3.34. The van der Waals surface area contributed by atoms with Crippen molar-refractivity contribution >= 4 is 10.9 Å². The summed E-state index contributed by atoms with van der Waals surface area (Å²) in [6.07, 6.45) is 6.36. The number of hydrogen-bond donors (Lipinski definition) is 2. The van der Waals surface area contributed by atoms with E-state index in [0.29, 0.717) is 5.92 Å². The van der Waals surface area contributed by atoms with Gasteiger partial charge in [-0.1, -0.05) is 13.0 Å². The van der Waals surface area contributed by atoms with E-state index in [-0.39, 0.29) is 0 Å². The summed E-state index contributed by atoms with van der Waals surface area (Å²) in [4.78, 5) is 3.62. The summed E-state index contributed by atoms with van der Waals surface area (Å²) in [5.41, 5.74) is 5.88. The molecule has 3 rings (SSSR count). The minimum Gasteiger partial charge on any atom is -0.358 e. The number of rotatable bonds is 4. The van der Waals surface area contributed by atoms with Crippen molar-refractivity contribution in [1.29, 1.82) is 0 Å². The first-order chi connectivity index (χ1) is 9.33. The number of aromatic nitrogens is 1. The number of fused-ring (bicyclic) bond motifs is 3. The van der Waals surface area contributed by atoms with E-state index in [4.69, 9.17) is 0 Å². The van der Waals surface area contributed by atoms with Gasteiger partial charge in [0.15, 0.2) is 0 Å². The van der Waals surface area contributed by atoms with Gasteiger partial charge in [0.25, 0.3) is 0 Å². The highest BCUT2D eigenvalue weighted by Gasteiger charge is 2.17. The van der Waals surface area contributed by atoms with Crippen LogP contribution >= 0.6 is 0 Å². The third-order valence-electron chi connectivity index (χ3n) is 4.54. The minimum absolute atomic E-state index is 0.628. The zero-order chi connectivity index (χ0) is 13.2. The number of benzene rings is 1. The summed E-state index contributed by atoms with van der Waals surface area (Å²) in [6, 6.07) is 7.01. The fourth-order valence-corrected chi connectivity index (χ4v) is 3.42. The van der Waals surface area contributed by atoms with E-state index >= 15 is 0 Å². The van der Waals surface area contributed by atoms with Crippen LogP contribution in [0, 0.1) is 0 Å². The maximum atomic E-state index is 3.62. The molecular weight excluding hydrogens is 232 g/mol. The van der Waals surface area contributed by atoms with Gasteiger partial charge < -0.3 is 10.3 Å². The second-order valence-electron chi connectivity index (χ2n) is 5.76. The van der Waals surface area contributed by atoms with Crippen LogP contribution in [-0.2, 0) is 12.8 Å². The Bertz CT molecular complexity index is 568. The van der Waals surface area contributed by atoms with Gasteiger partial charge in [-0.25, -0.2) is 0 Å². The van der Waals surface area contributed by atoms with E-state index < -0.39 is 0 Å². The van der Waals surface area contributed by atoms with Crippen LogP contribution < -0.4 is 5.32 Å². The number of hydrogen-bond acceptors (Lipinski definition) is 1. The minimum atomic E-state index is 0.628. The zero-order valence-electron chi connectivity index (χ0n) is 12.1. The van der Waals surface area contributed by atoms with Gasteiger partial charge in [0, 0.05) is 23.1 Å². The summed E-state index contributed by atoms with van der Waals surface area (Å²) < 4.78 is 0. The molecule has 0 radical (unpaired) electrons. The van der Waals surface area contributed by atoms with Gasteiger partial charge in [-0.15, -0.1) is 0 Å². The van der Waals surface area contributed by atoms with Gasteiger partial charge in [0.05, 0.1) is 0 Å². The average molecular weight is 256 g/mol. The van der Waals surface area contributed by atoms with Crippen molar-refractivity contribution in [3.8, 4) is 0 Å². The van der Waals surface area contributed by atoms with Gasteiger partial charge in [0.2, 0.25) is 0 Å². The molecule has 1 aliphatic carbocycles. The highest BCUT2D eigenvalue weighted by atomic mass is 14.8. The van der Waals surface area contributed by atoms with E-state index in [9.17, 15) is 0 Å². The van der Waals surface area contributed by atoms with Crippen molar-refractivity contribution in [2.24, 2.45) is 0 Å². The van der Waals surface area contributed by atoms with E-state index in [1.54, 1.807) is 5.56 Å². The molecule has 2 N–H and O–H groups in total. The van der Waals surface area contributed by atoms with Crippen molar-refractivity contribution in [2.45, 2.75) is 44.9 Å². The standard InChI is InChI=1S/C17H24N2/c1-3-12(11-18-2)13-8-9-17-15(10-13)14-6-4-5-7-16(14)19-17/h8-10,12,18-19H,3-7,11H2,1-2H3. The average Bonchev–Trinajstić information content (AvgIpc) is 2.82. The van der Waals surface area contributed by atoms with Crippen LogP contribution in [0.15, 0.2) is 18.2 Å². The summed E-state index contributed by atoms with van der Waals surface area (Å²) in [7, 11) is 2.04. The molecule has 0 spiro atoms. The third kappa shape index (κ3) is 2.30. The molecule has 1 heterocycles. The highest BCUT2D eigenvalue weighted by Crippen LogP contribution is 2.31. The normalized spacial score (nSPS) is 16.5. The Morgan fingerprint density at radius 2 is 2.11 bits per heavy atom. The third-order valence-corrected chi connectivity index (χ3v) is 4.54. The zero-order valence-corrected chi connectivity index (χ0v) is 12.1. The Balaban J connectivity index is 2.04. The predicted octanol–water partition coefficient (Wildman–Crippen LogP) is 3.76. The Labute approximate surface area is 115 Å². The highest BCUT2D eigenvalue weighted by molar-refractivity contribution is 5.85. The molecule has 2 aromatic rings. The summed E-state index contributed by atoms with van der Waals surface area (Å²) >= 11 is 0. The molecule has 0 aliphatic heterocycles. The second kappa shape index (κ2) is 5.38. The summed E-state index contributed by atoms with van der Waals surface area (Å²) in [5.74, 6) is 0.628. The molecule has 0 saturated heterocycles. The number of aromatic amines is 1. The number of likely N-dealkylation sites (N-methyl/N-ethyl adjacent to an activating group) is 1. The lowest BCUT2D eigenvalue weighted by atomic mass is 9.92. The summed E-state index contributed by atoms with van der Waals surface area (Å²) in [5, 5.41) is 4.79. The van der Waals surface area contributed by atoms with Crippen molar-refractivity contribution in [3.05, 3.63) is 35.0 Å². The molecular formula is C17H24N2. The monoisotopic (exact) mass is 256 g/mol. The largest absolute Gasteiger partial charge is 0.358 e. The lowest BCUT2D eigenvalue weighted by Gasteiger charge is -2.15. The van der Waals surface area contributed by atoms with E-state index in [1.165, 1.54) is 54.3 Å². The number of H-pyrrole nitrogens is 1. The van der Waals surface area contributed by atoms with Gasteiger partial charge in [0.1, 0.15) is 0 Å². The molecule has 2 heteroatoms. The molecule has 1 aromatic heterocycles.